The van der Waals surface area contributed by atoms with E-state index in [0.717, 1.165) is 25.0 Å². The van der Waals surface area contributed by atoms with Gasteiger partial charge in [0.2, 0.25) is 0 Å². The van der Waals surface area contributed by atoms with Crippen LogP contribution in [0.4, 0.5) is 0 Å². The fourth-order valence-corrected chi connectivity index (χ4v) is 2.28. The Hall–Kier alpha value is -1.51. The summed E-state index contributed by atoms with van der Waals surface area (Å²) in [5.74, 6) is 1.54. The Bertz CT molecular complexity index is 397. The highest BCUT2D eigenvalue weighted by Crippen LogP contribution is 2.42. The average Bonchev–Trinajstić information content (AvgIpc) is 3.17. The average molecular weight is 248 g/mol. The Balaban J connectivity index is 1.76. The standard InChI is InChI=1S/C15H20O3/c1-3-18-13-8-5-11(6-9-13)4-7-12-10-14(12)15(16)17-2/h5-6,8-9,12,14H,3-4,7,10H2,1-2H3. The van der Waals surface area contributed by atoms with E-state index in [4.69, 9.17) is 9.47 Å². The van der Waals surface area contributed by atoms with Gasteiger partial charge in [0.1, 0.15) is 5.75 Å². The predicted octanol–water partition coefficient (Wildman–Crippen LogP) is 2.83. The van der Waals surface area contributed by atoms with E-state index in [9.17, 15) is 4.79 Å². The van der Waals surface area contributed by atoms with Crippen LogP contribution in [0.2, 0.25) is 0 Å². The summed E-state index contributed by atoms with van der Waals surface area (Å²) in [4.78, 5) is 11.3. The van der Waals surface area contributed by atoms with Crippen molar-refractivity contribution < 1.29 is 14.3 Å². The van der Waals surface area contributed by atoms with Crippen LogP contribution in [0.3, 0.4) is 0 Å². The molecule has 0 bridgehead atoms. The minimum absolute atomic E-state index is 0.0494. The normalized spacial score (nSPS) is 21.4. The molecular weight excluding hydrogens is 228 g/mol. The lowest BCUT2D eigenvalue weighted by Gasteiger charge is -2.05. The zero-order valence-corrected chi connectivity index (χ0v) is 11.0. The predicted molar refractivity (Wildman–Crippen MR) is 69.5 cm³/mol. The summed E-state index contributed by atoms with van der Waals surface area (Å²) in [6, 6.07) is 8.20. The van der Waals surface area contributed by atoms with Crippen molar-refractivity contribution in [1.29, 1.82) is 0 Å². The number of carbonyl (C=O) groups is 1. The minimum atomic E-state index is -0.0494. The molecule has 0 aliphatic heterocycles. The zero-order chi connectivity index (χ0) is 13.0. The maximum absolute atomic E-state index is 11.3. The second-order valence-electron chi connectivity index (χ2n) is 4.74. The Morgan fingerprint density at radius 2 is 2.06 bits per heavy atom. The first-order chi connectivity index (χ1) is 8.74. The number of hydrogen-bond donors (Lipinski definition) is 0. The maximum atomic E-state index is 11.3. The molecule has 2 atom stereocenters. The van der Waals surface area contributed by atoms with E-state index >= 15 is 0 Å². The molecular formula is C15H20O3. The van der Waals surface area contributed by atoms with Crippen molar-refractivity contribution in [2.75, 3.05) is 13.7 Å². The summed E-state index contributed by atoms with van der Waals surface area (Å²) in [7, 11) is 1.46. The SMILES string of the molecule is CCOc1ccc(CCC2CC2C(=O)OC)cc1. The third kappa shape index (κ3) is 3.25. The Labute approximate surface area is 108 Å². The molecule has 0 saturated heterocycles. The molecule has 3 heteroatoms. The van der Waals surface area contributed by atoms with Gasteiger partial charge in [-0.25, -0.2) is 0 Å². The van der Waals surface area contributed by atoms with E-state index in [1.54, 1.807) is 0 Å². The van der Waals surface area contributed by atoms with Gasteiger partial charge in [0.25, 0.3) is 0 Å². The van der Waals surface area contributed by atoms with Gasteiger partial charge in [-0.2, -0.15) is 0 Å². The topological polar surface area (TPSA) is 35.5 Å². The van der Waals surface area contributed by atoms with Crippen LogP contribution >= 0.6 is 0 Å². The summed E-state index contributed by atoms with van der Waals surface area (Å²) in [6.07, 6.45) is 3.07. The number of hydrogen-bond acceptors (Lipinski definition) is 3. The molecule has 2 unspecified atom stereocenters. The lowest BCUT2D eigenvalue weighted by molar-refractivity contribution is -0.142. The van der Waals surface area contributed by atoms with Crippen LogP contribution in [0, 0.1) is 11.8 Å². The number of ether oxygens (including phenoxy) is 2. The molecule has 98 valence electrons. The largest absolute Gasteiger partial charge is 0.494 e. The third-order valence-corrected chi connectivity index (χ3v) is 3.46. The van der Waals surface area contributed by atoms with Gasteiger partial charge < -0.3 is 9.47 Å². The molecule has 2 rings (SSSR count). The minimum Gasteiger partial charge on any atom is -0.494 e. The molecule has 0 N–H and O–H groups in total. The second kappa shape index (κ2) is 5.89. The van der Waals surface area contributed by atoms with Gasteiger partial charge in [-0.15, -0.1) is 0 Å². The summed E-state index contributed by atoms with van der Waals surface area (Å²) in [5.41, 5.74) is 1.30. The summed E-state index contributed by atoms with van der Waals surface area (Å²) < 4.78 is 10.1. The van der Waals surface area contributed by atoms with Gasteiger partial charge in [-0.1, -0.05) is 12.1 Å². The molecule has 1 aromatic rings. The Kier molecular flexibility index (Phi) is 4.24. The van der Waals surface area contributed by atoms with Crippen LogP contribution < -0.4 is 4.74 Å². The van der Waals surface area contributed by atoms with Crippen LogP contribution in [0.15, 0.2) is 24.3 Å². The Morgan fingerprint density at radius 3 is 2.67 bits per heavy atom. The summed E-state index contributed by atoms with van der Waals surface area (Å²) in [5, 5.41) is 0. The number of benzene rings is 1. The van der Waals surface area contributed by atoms with Crippen LogP contribution in [0.25, 0.3) is 0 Å². The fourth-order valence-electron chi connectivity index (χ4n) is 2.28. The lowest BCUT2D eigenvalue weighted by Crippen LogP contribution is -2.04. The van der Waals surface area contributed by atoms with E-state index < -0.39 is 0 Å². The van der Waals surface area contributed by atoms with Gasteiger partial charge in [0.15, 0.2) is 0 Å². The third-order valence-electron chi connectivity index (χ3n) is 3.46. The molecule has 0 amide bonds. The molecule has 1 aromatic carbocycles. The van der Waals surface area contributed by atoms with Crippen LogP contribution in [-0.2, 0) is 16.0 Å². The number of aryl methyl sites for hydroxylation is 1. The van der Waals surface area contributed by atoms with Crippen molar-refractivity contribution in [2.45, 2.75) is 26.2 Å². The molecule has 1 aliphatic carbocycles. The smallest absolute Gasteiger partial charge is 0.308 e. The van der Waals surface area contributed by atoms with Crippen molar-refractivity contribution in [3.63, 3.8) is 0 Å². The van der Waals surface area contributed by atoms with E-state index in [-0.39, 0.29) is 11.9 Å². The monoisotopic (exact) mass is 248 g/mol. The summed E-state index contributed by atoms with van der Waals surface area (Å²) in [6.45, 7) is 2.68. The van der Waals surface area contributed by atoms with Crippen LogP contribution in [-0.4, -0.2) is 19.7 Å². The number of rotatable bonds is 6. The van der Waals surface area contributed by atoms with Gasteiger partial charge in [-0.05, 0) is 49.8 Å². The van der Waals surface area contributed by atoms with E-state index in [2.05, 4.69) is 12.1 Å². The van der Waals surface area contributed by atoms with Crippen LogP contribution in [0.5, 0.6) is 5.75 Å². The molecule has 0 aromatic heterocycles. The molecule has 18 heavy (non-hydrogen) atoms. The van der Waals surface area contributed by atoms with E-state index in [1.807, 2.05) is 19.1 Å². The molecule has 1 saturated carbocycles. The van der Waals surface area contributed by atoms with Crippen molar-refractivity contribution in [1.82, 2.24) is 0 Å². The molecule has 0 heterocycles. The Morgan fingerprint density at radius 1 is 1.33 bits per heavy atom. The van der Waals surface area contributed by atoms with Crippen molar-refractivity contribution in [2.24, 2.45) is 11.8 Å². The first-order valence-corrected chi connectivity index (χ1v) is 6.54. The molecule has 1 fully saturated rings. The molecule has 0 spiro atoms. The van der Waals surface area contributed by atoms with Crippen LogP contribution in [0.1, 0.15) is 25.3 Å². The first-order valence-electron chi connectivity index (χ1n) is 6.54. The maximum Gasteiger partial charge on any atom is 0.308 e. The van der Waals surface area contributed by atoms with Crippen molar-refractivity contribution >= 4 is 5.97 Å². The van der Waals surface area contributed by atoms with Gasteiger partial charge in [-0.3, -0.25) is 4.79 Å². The first kappa shape index (κ1) is 12.9. The van der Waals surface area contributed by atoms with Crippen molar-refractivity contribution in [3.8, 4) is 5.75 Å². The van der Waals surface area contributed by atoms with Gasteiger partial charge in [0.05, 0.1) is 19.6 Å². The van der Waals surface area contributed by atoms with Gasteiger partial charge in [0, 0.05) is 0 Å². The summed E-state index contributed by atoms with van der Waals surface area (Å²) >= 11 is 0. The molecule has 1 aliphatic rings. The van der Waals surface area contributed by atoms with Gasteiger partial charge >= 0.3 is 5.97 Å². The zero-order valence-electron chi connectivity index (χ0n) is 11.0. The lowest BCUT2D eigenvalue weighted by atomic mass is 10.1. The number of carbonyl (C=O) groups excluding carboxylic acids is 1. The molecule has 3 nitrogen and oxygen atoms in total. The quantitative estimate of drug-likeness (QED) is 0.726. The van der Waals surface area contributed by atoms with E-state index in [1.165, 1.54) is 12.7 Å². The highest BCUT2D eigenvalue weighted by molar-refractivity contribution is 5.75. The number of methoxy groups -OCH3 is 1. The van der Waals surface area contributed by atoms with Crippen molar-refractivity contribution in [3.05, 3.63) is 29.8 Å². The molecule has 0 radical (unpaired) electrons. The second-order valence-corrected chi connectivity index (χ2v) is 4.74. The number of esters is 1. The van der Waals surface area contributed by atoms with E-state index in [0.29, 0.717) is 12.5 Å². The fraction of sp³-hybridized carbons (Fsp3) is 0.533. The highest BCUT2D eigenvalue weighted by Gasteiger charge is 2.43. The highest BCUT2D eigenvalue weighted by atomic mass is 16.5.